The van der Waals surface area contributed by atoms with E-state index in [1.54, 1.807) is 0 Å². The molecule has 51 heavy (non-hydrogen) atoms. The van der Waals surface area contributed by atoms with E-state index in [0.29, 0.717) is 0 Å². The first-order valence-electron chi connectivity index (χ1n) is 17.4. The van der Waals surface area contributed by atoms with E-state index in [2.05, 4.69) is 191 Å². The van der Waals surface area contributed by atoms with E-state index >= 15 is 0 Å². The molecule has 0 fully saturated rings. The smallest absolute Gasteiger partial charge is 0.137 e. The van der Waals surface area contributed by atoms with Crippen LogP contribution in [-0.4, -0.2) is 4.57 Å². The summed E-state index contributed by atoms with van der Waals surface area (Å²) < 4.78 is 8.81. The molecule has 8 aromatic carbocycles. The molecule has 0 amide bonds. The summed E-state index contributed by atoms with van der Waals surface area (Å²) in [7, 11) is 0. The van der Waals surface area contributed by atoms with E-state index in [1.165, 1.54) is 27.4 Å². The predicted molar refractivity (Wildman–Crippen MR) is 214 cm³/mol. The van der Waals surface area contributed by atoms with Gasteiger partial charge in [0.2, 0.25) is 0 Å². The zero-order chi connectivity index (χ0) is 33.7. The molecule has 0 bridgehead atoms. The Morgan fingerprint density at radius 2 is 0.941 bits per heavy atom. The van der Waals surface area contributed by atoms with Crippen molar-refractivity contribution in [3.05, 3.63) is 194 Å². The van der Waals surface area contributed by atoms with Crippen molar-refractivity contribution in [1.82, 2.24) is 4.57 Å². The van der Waals surface area contributed by atoms with Crippen LogP contribution in [-0.2, 0) is 0 Å². The van der Waals surface area contributed by atoms with Gasteiger partial charge in [-0.1, -0.05) is 133 Å². The van der Waals surface area contributed by atoms with E-state index in [4.69, 9.17) is 4.42 Å². The van der Waals surface area contributed by atoms with Gasteiger partial charge in [0.1, 0.15) is 11.2 Å². The van der Waals surface area contributed by atoms with E-state index in [1.807, 2.05) is 12.1 Å². The van der Waals surface area contributed by atoms with Crippen LogP contribution in [0, 0.1) is 0 Å². The Balaban J connectivity index is 1.20. The lowest BCUT2D eigenvalue weighted by molar-refractivity contribution is 0.669. The Hall–Kier alpha value is -6.84. The van der Waals surface area contributed by atoms with Crippen LogP contribution in [0.3, 0.4) is 0 Å². The number of anilines is 3. The molecule has 0 unspecified atom stereocenters. The lowest BCUT2D eigenvalue weighted by atomic mass is 10.0. The molecule has 3 nitrogen and oxygen atoms in total. The van der Waals surface area contributed by atoms with Gasteiger partial charge in [-0.05, 0) is 77.4 Å². The highest BCUT2D eigenvalue weighted by atomic mass is 16.3. The molecule has 3 heteroatoms. The third-order valence-corrected chi connectivity index (χ3v) is 9.97. The molecule has 2 aromatic heterocycles. The summed E-state index contributed by atoms with van der Waals surface area (Å²) in [4.78, 5) is 2.38. The topological polar surface area (TPSA) is 21.3 Å². The van der Waals surface area contributed by atoms with Crippen LogP contribution in [0.4, 0.5) is 17.1 Å². The number of para-hydroxylation sites is 4. The number of nitrogens with zero attached hydrogens (tertiary/aromatic N) is 2. The lowest BCUT2D eigenvalue weighted by Crippen LogP contribution is -2.10. The van der Waals surface area contributed by atoms with Crippen LogP contribution >= 0.6 is 0 Å². The molecule has 10 aromatic rings. The average molecular weight is 653 g/mol. The van der Waals surface area contributed by atoms with Gasteiger partial charge in [-0.15, -0.1) is 0 Å². The molecule has 0 aliphatic heterocycles. The van der Waals surface area contributed by atoms with Crippen molar-refractivity contribution >= 4 is 60.8 Å². The van der Waals surface area contributed by atoms with E-state index in [9.17, 15) is 0 Å². The van der Waals surface area contributed by atoms with Crippen molar-refractivity contribution < 1.29 is 4.42 Å². The van der Waals surface area contributed by atoms with Crippen molar-refractivity contribution in [3.8, 4) is 27.9 Å². The van der Waals surface area contributed by atoms with Gasteiger partial charge in [-0.2, -0.15) is 0 Å². The second-order valence-corrected chi connectivity index (χ2v) is 12.9. The van der Waals surface area contributed by atoms with Gasteiger partial charge in [-0.25, -0.2) is 0 Å². The maximum atomic E-state index is 6.40. The fraction of sp³-hybridized carbons (Fsp3) is 0. The monoisotopic (exact) mass is 652 g/mol. The second-order valence-electron chi connectivity index (χ2n) is 12.9. The molecule has 0 aliphatic rings. The van der Waals surface area contributed by atoms with Gasteiger partial charge in [0.25, 0.3) is 0 Å². The largest absolute Gasteiger partial charge is 0.456 e. The number of furan rings is 1. The summed E-state index contributed by atoms with van der Waals surface area (Å²) in [5.41, 5.74) is 13.1. The van der Waals surface area contributed by atoms with Crippen LogP contribution in [0.2, 0.25) is 0 Å². The van der Waals surface area contributed by atoms with E-state index in [0.717, 1.165) is 61.4 Å². The number of fused-ring (bicyclic) bond motifs is 6. The third kappa shape index (κ3) is 4.82. The summed E-state index contributed by atoms with van der Waals surface area (Å²) in [6, 6.07) is 69.2. The highest BCUT2D eigenvalue weighted by molar-refractivity contribution is 6.13. The highest BCUT2D eigenvalue weighted by Crippen LogP contribution is 2.45. The zero-order valence-corrected chi connectivity index (χ0v) is 27.8. The van der Waals surface area contributed by atoms with Crippen LogP contribution in [0.25, 0.3) is 71.7 Å². The molecular formula is C48H32N2O. The minimum atomic E-state index is 0.866. The Morgan fingerprint density at radius 3 is 1.71 bits per heavy atom. The minimum absolute atomic E-state index is 0.866. The van der Waals surface area contributed by atoms with Gasteiger partial charge in [0, 0.05) is 33.1 Å². The highest BCUT2D eigenvalue weighted by Gasteiger charge is 2.21. The quantitative estimate of drug-likeness (QED) is 0.178. The molecule has 0 saturated carbocycles. The van der Waals surface area contributed by atoms with Crippen molar-refractivity contribution in [2.45, 2.75) is 0 Å². The van der Waals surface area contributed by atoms with Gasteiger partial charge in [-0.3, -0.25) is 0 Å². The molecule has 0 radical (unpaired) electrons. The summed E-state index contributed by atoms with van der Waals surface area (Å²) in [5.74, 6) is 0. The number of rotatable bonds is 6. The first kappa shape index (κ1) is 29.1. The fourth-order valence-corrected chi connectivity index (χ4v) is 7.73. The third-order valence-electron chi connectivity index (χ3n) is 9.97. The van der Waals surface area contributed by atoms with Crippen LogP contribution in [0.5, 0.6) is 0 Å². The SMILES string of the molecule is c1ccc(-c2cccc(N(c3cccc(-c4ccccc4-n4c5ccccc5c5ccccc54)c3)c3cccc4oc5ccccc5c34)c2)cc1. The lowest BCUT2D eigenvalue weighted by Gasteiger charge is -2.27. The maximum absolute atomic E-state index is 6.40. The number of hydrogen-bond acceptors (Lipinski definition) is 2. The van der Waals surface area contributed by atoms with Gasteiger partial charge in [0.15, 0.2) is 0 Å². The Morgan fingerprint density at radius 1 is 0.392 bits per heavy atom. The van der Waals surface area contributed by atoms with Crippen molar-refractivity contribution in [3.63, 3.8) is 0 Å². The number of aromatic nitrogens is 1. The van der Waals surface area contributed by atoms with Gasteiger partial charge >= 0.3 is 0 Å². The summed E-state index contributed by atoms with van der Waals surface area (Å²) in [6.45, 7) is 0. The van der Waals surface area contributed by atoms with Crippen LogP contribution in [0.15, 0.2) is 199 Å². The molecule has 2 heterocycles. The van der Waals surface area contributed by atoms with Gasteiger partial charge in [0.05, 0.1) is 27.8 Å². The second kappa shape index (κ2) is 11.9. The Kier molecular flexibility index (Phi) is 6.81. The Labute approximate surface area is 295 Å². The molecule has 10 rings (SSSR count). The average Bonchev–Trinajstić information content (AvgIpc) is 3.75. The zero-order valence-electron chi connectivity index (χ0n) is 27.8. The summed E-state index contributed by atoms with van der Waals surface area (Å²) in [6.07, 6.45) is 0. The summed E-state index contributed by atoms with van der Waals surface area (Å²) >= 11 is 0. The fourth-order valence-electron chi connectivity index (χ4n) is 7.73. The van der Waals surface area contributed by atoms with Crippen LogP contribution in [0.1, 0.15) is 0 Å². The Bertz CT molecular complexity index is 2830. The molecule has 240 valence electrons. The van der Waals surface area contributed by atoms with E-state index < -0.39 is 0 Å². The number of hydrogen-bond donors (Lipinski definition) is 0. The van der Waals surface area contributed by atoms with Gasteiger partial charge < -0.3 is 13.9 Å². The summed E-state index contributed by atoms with van der Waals surface area (Å²) in [5, 5.41) is 4.69. The minimum Gasteiger partial charge on any atom is -0.456 e. The number of benzene rings is 8. The normalized spacial score (nSPS) is 11.5. The predicted octanol–water partition coefficient (Wildman–Crippen LogP) is 13.5. The molecule has 0 spiro atoms. The maximum Gasteiger partial charge on any atom is 0.137 e. The van der Waals surface area contributed by atoms with Crippen molar-refractivity contribution in [2.75, 3.05) is 4.90 Å². The first-order valence-corrected chi connectivity index (χ1v) is 17.4. The molecular weight excluding hydrogens is 621 g/mol. The first-order chi connectivity index (χ1) is 25.3. The molecule has 0 aliphatic carbocycles. The van der Waals surface area contributed by atoms with Crippen molar-refractivity contribution in [2.24, 2.45) is 0 Å². The molecule has 0 saturated heterocycles. The van der Waals surface area contributed by atoms with Crippen molar-refractivity contribution in [1.29, 1.82) is 0 Å². The van der Waals surface area contributed by atoms with Crippen LogP contribution < -0.4 is 4.90 Å². The molecule has 0 N–H and O–H groups in total. The molecule has 0 atom stereocenters. The van der Waals surface area contributed by atoms with E-state index in [-0.39, 0.29) is 0 Å². The standard InChI is InChI=1S/C48H32N2O/c1-2-15-33(16-3-1)34-17-12-19-36(31-34)49(45-28-14-30-47-48(45)41-24-7-11-29-46(41)51-47)37-20-13-18-35(32-37)38-21-4-8-25-42(38)50-43-26-9-5-22-39(43)40-23-6-10-27-44(40)50/h1-32H.